The zero-order valence-corrected chi connectivity index (χ0v) is 12.1. The molecule has 0 aliphatic rings. The Hall–Kier alpha value is -2.63. The molecule has 0 fully saturated rings. The molecule has 0 aliphatic carbocycles. The lowest BCUT2D eigenvalue weighted by Gasteiger charge is -2.15. The Bertz CT molecular complexity index is 691. The van der Waals surface area contributed by atoms with Gasteiger partial charge in [0.2, 0.25) is 0 Å². The van der Waals surface area contributed by atoms with Crippen LogP contribution in [0.2, 0.25) is 0 Å². The van der Waals surface area contributed by atoms with E-state index in [0.717, 1.165) is 5.76 Å². The molecule has 21 heavy (non-hydrogen) atoms. The summed E-state index contributed by atoms with van der Waals surface area (Å²) in [5.41, 5.74) is 0.766. The molecule has 2 aromatic rings. The van der Waals surface area contributed by atoms with Gasteiger partial charge in [-0.1, -0.05) is 6.07 Å². The number of carbonyl (C=O) groups excluding carboxylic acids is 1. The normalized spacial score (nSPS) is 10.4. The fourth-order valence-corrected chi connectivity index (χ4v) is 2.04. The van der Waals surface area contributed by atoms with Gasteiger partial charge < -0.3 is 9.32 Å². The molecule has 0 spiro atoms. The zero-order valence-electron chi connectivity index (χ0n) is 12.1. The summed E-state index contributed by atoms with van der Waals surface area (Å²) in [5.74, 6) is 1.16. The SMILES string of the molecule is Cc1ccc(CN(C)C(=O)c2ccc(C)c([N+](=O)[O-])c2)o1. The number of furan rings is 1. The average Bonchev–Trinajstić information content (AvgIpc) is 2.83. The van der Waals surface area contributed by atoms with Gasteiger partial charge in [0.15, 0.2) is 0 Å². The molecule has 6 heteroatoms. The molecule has 110 valence electrons. The molecule has 0 radical (unpaired) electrons. The van der Waals surface area contributed by atoms with Crippen LogP contribution in [0.5, 0.6) is 0 Å². The Morgan fingerprint density at radius 3 is 2.57 bits per heavy atom. The maximum atomic E-state index is 12.3. The number of hydrogen-bond donors (Lipinski definition) is 0. The Morgan fingerprint density at radius 1 is 1.29 bits per heavy atom. The molecule has 0 aliphatic heterocycles. The molecule has 0 unspecified atom stereocenters. The third-order valence-electron chi connectivity index (χ3n) is 3.19. The highest BCUT2D eigenvalue weighted by atomic mass is 16.6. The van der Waals surface area contributed by atoms with Crippen LogP contribution < -0.4 is 0 Å². The maximum absolute atomic E-state index is 12.3. The third kappa shape index (κ3) is 3.28. The van der Waals surface area contributed by atoms with E-state index in [4.69, 9.17) is 4.42 Å². The lowest BCUT2D eigenvalue weighted by Crippen LogP contribution is -2.26. The second kappa shape index (κ2) is 5.78. The minimum Gasteiger partial charge on any atom is -0.464 e. The molecule has 0 atom stereocenters. The van der Waals surface area contributed by atoms with Gasteiger partial charge in [-0.05, 0) is 32.0 Å². The smallest absolute Gasteiger partial charge is 0.273 e. The second-order valence-electron chi connectivity index (χ2n) is 4.93. The van der Waals surface area contributed by atoms with Crippen molar-refractivity contribution >= 4 is 11.6 Å². The van der Waals surface area contributed by atoms with Crippen LogP contribution in [-0.2, 0) is 6.54 Å². The first-order chi connectivity index (χ1) is 9.88. The topological polar surface area (TPSA) is 76.6 Å². The van der Waals surface area contributed by atoms with Crippen LogP contribution in [0.1, 0.15) is 27.4 Å². The number of amides is 1. The predicted octanol–water partition coefficient (Wildman–Crippen LogP) is 3.08. The molecular weight excluding hydrogens is 272 g/mol. The minimum absolute atomic E-state index is 0.0527. The highest BCUT2D eigenvalue weighted by Crippen LogP contribution is 2.20. The van der Waals surface area contributed by atoms with Gasteiger partial charge in [-0.2, -0.15) is 0 Å². The molecule has 0 bridgehead atoms. The summed E-state index contributed by atoms with van der Waals surface area (Å²) in [6.07, 6.45) is 0. The third-order valence-corrected chi connectivity index (χ3v) is 3.19. The number of nitrogens with zero attached hydrogens (tertiary/aromatic N) is 2. The van der Waals surface area contributed by atoms with Crippen molar-refractivity contribution in [2.45, 2.75) is 20.4 Å². The van der Waals surface area contributed by atoms with Crippen LogP contribution in [0, 0.1) is 24.0 Å². The summed E-state index contributed by atoms with van der Waals surface area (Å²) in [7, 11) is 1.63. The van der Waals surface area contributed by atoms with Crippen molar-refractivity contribution in [1.82, 2.24) is 4.90 Å². The number of nitro groups is 1. The number of carbonyl (C=O) groups is 1. The van der Waals surface area contributed by atoms with Crippen LogP contribution in [-0.4, -0.2) is 22.8 Å². The lowest BCUT2D eigenvalue weighted by atomic mass is 10.1. The van der Waals surface area contributed by atoms with E-state index in [0.29, 0.717) is 17.9 Å². The Morgan fingerprint density at radius 2 is 2.00 bits per heavy atom. The van der Waals surface area contributed by atoms with Gasteiger partial charge in [0.25, 0.3) is 11.6 Å². The molecule has 2 rings (SSSR count). The first kappa shape index (κ1) is 14.8. The molecule has 6 nitrogen and oxygen atoms in total. The fraction of sp³-hybridized carbons (Fsp3) is 0.267. The Labute approximate surface area is 122 Å². The molecule has 0 N–H and O–H groups in total. The molecule has 1 aromatic carbocycles. The van der Waals surface area contributed by atoms with Crippen molar-refractivity contribution in [3.05, 3.63) is 63.1 Å². The quantitative estimate of drug-likeness (QED) is 0.640. The highest BCUT2D eigenvalue weighted by molar-refractivity contribution is 5.94. The summed E-state index contributed by atoms with van der Waals surface area (Å²) in [6.45, 7) is 3.78. The number of aryl methyl sites for hydroxylation is 2. The van der Waals surface area contributed by atoms with E-state index in [1.54, 1.807) is 32.2 Å². The van der Waals surface area contributed by atoms with Crippen LogP contribution in [0.4, 0.5) is 5.69 Å². The van der Waals surface area contributed by atoms with Crippen molar-refractivity contribution in [2.24, 2.45) is 0 Å². The van der Waals surface area contributed by atoms with E-state index < -0.39 is 4.92 Å². The van der Waals surface area contributed by atoms with Crippen molar-refractivity contribution in [2.75, 3.05) is 7.05 Å². The summed E-state index contributed by atoms with van der Waals surface area (Å²) < 4.78 is 5.42. The largest absolute Gasteiger partial charge is 0.464 e. The van der Waals surface area contributed by atoms with E-state index >= 15 is 0 Å². The van der Waals surface area contributed by atoms with E-state index in [2.05, 4.69) is 0 Å². The van der Waals surface area contributed by atoms with Crippen molar-refractivity contribution in [1.29, 1.82) is 0 Å². The predicted molar refractivity (Wildman–Crippen MR) is 77.1 cm³/mol. The van der Waals surface area contributed by atoms with Crippen LogP contribution in [0.25, 0.3) is 0 Å². The van der Waals surface area contributed by atoms with Gasteiger partial charge >= 0.3 is 0 Å². The van der Waals surface area contributed by atoms with Gasteiger partial charge in [-0.3, -0.25) is 14.9 Å². The van der Waals surface area contributed by atoms with E-state index in [1.165, 1.54) is 11.0 Å². The molecule has 1 heterocycles. The van der Waals surface area contributed by atoms with Crippen molar-refractivity contribution in [3.8, 4) is 0 Å². The Kier molecular flexibility index (Phi) is 4.07. The van der Waals surface area contributed by atoms with Gasteiger partial charge in [-0.25, -0.2) is 0 Å². The fourth-order valence-electron chi connectivity index (χ4n) is 2.04. The molecule has 1 amide bonds. The Balaban J connectivity index is 2.19. The van der Waals surface area contributed by atoms with Crippen molar-refractivity contribution < 1.29 is 14.1 Å². The van der Waals surface area contributed by atoms with Crippen LogP contribution in [0.15, 0.2) is 34.7 Å². The van der Waals surface area contributed by atoms with Gasteiger partial charge in [0, 0.05) is 24.2 Å². The van der Waals surface area contributed by atoms with E-state index in [9.17, 15) is 14.9 Å². The van der Waals surface area contributed by atoms with Gasteiger partial charge in [-0.15, -0.1) is 0 Å². The van der Waals surface area contributed by atoms with Crippen molar-refractivity contribution in [3.63, 3.8) is 0 Å². The first-order valence-corrected chi connectivity index (χ1v) is 6.44. The van der Waals surface area contributed by atoms with Crippen LogP contribution in [0.3, 0.4) is 0 Å². The highest BCUT2D eigenvalue weighted by Gasteiger charge is 2.18. The van der Waals surface area contributed by atoms with Gasteiger partial charge in [0.1, 0.15) is 11.5 Å². The molecular formula is C15H16N2O4. The average molecular weight is 288 g/mol. The molecule has 1 aromatic heterocycles. The molecule has 0 saturated heterocycles. The summed E-state index contributed by atoms with van der Waals surface area (Å²) in [4.78, 5) is 24.2. The first-order valence-electron chi connectivity index (χ1n) is 6.44. The number of hydrogen-bond acceptors (Lipinski definition) is 4. The summed E-state index contributed by atoms with van der Waals surface area (Å²) >= 11 is 0. The summed E-state index contributed by atoms with van der Waals surface area (Å²) in [6, 6.07) is 8.10. The lowest BCUT2D eigenvalue weighted by molar-refractivity contribution is -0.385. The standard InChI is InChI=1S/C15H16N2O4/c1-10-4-6-12(8-14(10)17(19)20)15(18)16(3)9-13-7-5-11(2)21-13/h4-8H,9H2,1-3H3. The van der Waals surface area contributed by atoms with E-state index in [1.807, 2.05) is 13.0 Å². The number of rotatable bonds is 4. The van der Waals surface area contributed by atoms with Gasteiger partial charge in [0.05, 0.1) is 11.5 Å². The van der Waals surface area contributed by atoms with Crippen LogP contribution >= 0.6 is 0 Å². The minimum atomic E-state index is -0.484. The number of benzene rings is 1. The maximum Gasteiger partial charge on any atom is 0.273 e. The second-order valence-corrected chi connectivity index (χ2v) is 4.93. The van der Waals surface area contributed by atoms with E-state index in [-0.39, 0.29) is 17.2 Å². The summed E-state index contributed by atoms with van der Waals surface area (Å²) in [5, 5.41) is 10.9. The number of nitro benzene ring substituents is 1. The molecule has 0 saturated carbocycles. The zero-order chi connectivity index (χ0) is 15.6. The monoisotopic (exact) mass is 288 g/mol.